The third-order valence-electron chi connectivity index (χ3n) is 1.80. The van der Waals surface area contributed by atoms with Crippen LogP contribution in [0.15, 0.2) is 0 Å². The zero-order valence-corrected chi connectivity index (χ0v) is 8.64. The largest absolute Gasteiger partial charge is 0.506 e. The molecule has 6 heteroatoms. The van der Waals surface area contributed by atoms with Crippen LogP contribution >= 0.6 is 9.24 Å². The van der Waals surface area contributed by atoms with E-state index in [1.54, 1.807) is 13.8 Å². The minimum atomic E-state index is -1.57. The zero-order chi connectivity index (χ0) is 10.6. The Kier molecular flexibility index (Phi) is 4.14. The summed E-state index contributed by atoms with van der Waals surface area (Å²) >= 11 is 0. The lowest BCUT2D eigenvalue weighted by molar-refractivity contribution is -0.149. The number of aliphatic carboxylic acids is 1. The van der Waals surface area contributed by atoms with E-state index in [0.29, 0.717) is 6.42 Å². The van der Waals surface area contributed by atoms with Gasteiger partial charge in [-0.3, -0.25) is 0 Å². The molecule has 0 aromatic carbocycles. The van der Waals surface area contributed by atoms with Gasteiger partial charge in [-0.05, 0) is 6.42 Å². The summed E-state index contributed by atoms with van der Waals surface area (Å²) in [5.74, 6) is -1.28. The van der Waals surface area contributed by atoms with Gasteiger partial charge >= 0.3 is 12.1 Å². The molecule has 76 valence electrons. The molecule has 0 heterocycles. The molecule has 0 spiro atoms. The highest BCUT2D eigenvalue weighted by Crippen LogP contribution is 2.28. The van der Waals surface area contributed by atoms with E-state index in [4.69, 9.17) is 10.2 Å². The maximum absolute atomic E-state index is 10.6. The van der Waals surface area contributed by atoms with Crippen molar-refractivity contribution < 1.29 is 24.5 Å². The van der Waals surface area contributed by atoms with Gasteiger partial charge < -0.3 is 14.9 Å². The Morgan fingerprint density at radius 1 is 1.54 bits per heavy atom. The van der Waals surface area contributed by atoms with E-state index < -0.39 is 23.4 Å². The lowest BCUT2D eigenvalue weighted by atomic mass is 10.0. The first kappa shape index (κ1) is 12.2. The van der Waals surface area contributed by atoms with E-state index in [9.17, 15) is 9.59 Å². The molecule has 0 bridgehead atoms. The van der Waals surface area contributed by atoms with Crippen LogP contribution in [0, 0.1) is 0 Å². The second kappa shape index (κ2) is 4.42. The third kappa shape index (κ3) is 3.59. The highest BCUT2D eigenvalue weighted by molar-refractivity contribution is 7.19. The molecule has 0 aliphatic carbocycles. The number of ether oxygens (including phenoxy) is 1. The maximum Gasteiger partial charge on any atom is 0.506 e. The van der Waals surface area contributed by atoms with Crippen molar-refractivity contribution in [1.82, 2.24) is 0 Å². The number of carboxylic acids is 1. The van der Waals surface area contributed by atoms with Crippen LogP contribution in [0.3, 0.4) is 0 Å². The Morgan fingerprint density at radius 3 is 2.23 bits per heavy atom. The molecule has 0 aromatic rings. The maximum atomic E-state index is 10.6. The molecule has 0 saturated carbocycles. The van der Waals surface area contributed by atoms with Crippen molar-refractivity contribution in [3.8, 4) is 0 Å². The predicted molar refractivity (Wildman–Crippen MR) is 48.9 cm³/mol. The smallest absolute Gasteiger partial charge is 0.478 e. The average molecular weight is 208 g/mol. The summed E-state index contributed by atoms with van der Waals surface area (Å²) in [6, 6.07) is 0. The molecule has 2 N–H and O–H groups in total. The summed E-state index contributed by atoms with van der Waals surface area (Å²) in [4.78, 5) is 20.8. The Labute approximate surface area is 78.3 Å². The normalized spacial score (nSPS) is 17.2. The summed E-state index contributed by atoms with van der Waals surface area (Å²) in [6.45, 7) is 3.37. The summed E-state index contributed by atoms with van der Waals surface area (Å²) in [5.41, 5.74) is 0. The number of rotatable bonds is 4. The number of carboxylic acid groups (broad SMARTS) is 2. The first-order valence-corrected chi connectivity index (χ1v) is 4.30. The van der Waals surface area contributed by atoms with Crippen molar-refractivity contribution in [2.75, 3.05) is 0 Å². The first-order chi connectivity index (χ1) is 5.81. The fourth-order valence-electron chi connectivity index (χ4n) is 0.753. The highest BCUT2D eigenvalue weighted by atomic mass is 31.0. The topological polar surface area (TPSA) is 83.8 Å². The van der Waals surface area contributed by atoms with Gasteiger partial charge in [-0.15, -0.1) is 9.24 Å². The second-order valence-electron chi connectivity index (χ2n) is 2.96. The van der Waals surface area contributed by atoms with Crippen molar-refractivity contribution >= 4 is 21.4 Å². The van der Waals surface area contributed by atoms with Gasteiger partial charge in [-0.2, -0.15) is 0 Å². The quantitative estimate of drug-likeness (QED) is 0.535. The van der Waals surface area contributed by atoms with Gasteiger partial charge in [0.25, 0.3) is 0 Å². The molecule has 0 saturated heterocycles. The SMILES string of the molecule is CCC(C)(P)C(OC(=O)O)C(=O)O. The molecule has 0 aromatic heterocycles. The van der Waals surface area contributed by atoms with Crippen LogP contribution in [0.4, 0.5) is 4.79 Å². The van der Waals surface area contributed by atoms with Gasteiger partial charge in [-0.25, -0.2) is 9.59 Å². The van der Waals surface area contributed by atoms with Crippen LogP contribution in [0.5, 0.6) is 0 Å². The Hall–Kier alpha value is -0.830. The van der Waals surface area contributed by atoms with E-state index in [1.165, 1.54) is 0 Å². The Bertz CT molecular complexity index is 213. The Morgan fingerprint density at radius 2 is 2.00 bits per heavy atom. The Balaban J connectivity index is 4.60. The van der Waals surface area contributed by atoms with E-state index in [1.807, 2.05) is 0 Å². The molecule has 3 atom stereocenters. The second-order valence-corrected chi connectivity index (χ2v) is 4.28. The first-order valence-electron chi connectivity index (χ1n) is 3.72. The fraction of sp³-hybridized carbons (Fsp3) is 0.714. The van der Waals surface area contributed by atoms with Gasteiger partial charge in [0.05, 0.1) is 0 Å². The lowest BCUT2D eigenvalue weighted by Crippen LogP contribution is -2.42. The molecule has 13 heavy (non-hydrogen) atoms. The van der Waals surface area contributed by atoms with Crippen molar-refractivity contribution in [2.24, 2.45) is 0 Å². The van der Waals surface area contributed by atoms with E-state index in [2.05, 4.69) is 14.0 Å². The third-order valence-corrected chi connectivity index (χ3v) is 2.51. The predicted octanol–water partition coefficient (Wildman–Crippen LogP) is 1.18. The van der Waals surface area contributed by atoms with Gasteiger partial charge in [0.1, 0.15) is 0 Å². The van der Waals surface area contributed by atoms with Gasteiger partial charge in [0.2, 0.25) is 6.10 Å². The number of hydrogen-bond donors (Lipinski definition) is 2. The molecule has 0 radical (unpaired) electrons. The molecular formula is C7H13O5P. The van der Waals surface area contributed by atoms with E-state index >= 15 is 0 Å². The molecule has 0 aliphatic heterocycles. The summed E-state index contributed by atoms with van der Waals surface area (Å²) < 4.78 is 4.26. The van der Waals surface area contributed by atoms with Crippen LogP contribution in [0.25, 0.3) is 0 Å². The number of carbonyl (C=O) groups is 2. The van der Waals surface area contributed by atoms with Crippen molar-refractivity contribution in [3.05, 3.63) is 0 Å². The summed E-state index contributed by atoms with van der Waals surface area (Å²) in [6.07, 6.45) is -2.43. The van der Waals surface area contributed by atoms with Gasteiger partial charge in [-0.1, -0.05) is 13.8 Å². The van der Waals surface area contributed by atoms with Gasteiger partial charge in [0, 0.05) is 5.16 Å². The minimum Gasteiger partial charge on any atom is -0.478 e. The molecule has 0 fully saturated rings. The van der Waals surface area contributed by atoms with Crippen molar-refractivity contribution in [3.63, 3.8) is 0 Å². The minimum absolute atomic E-state index is 0.488. The monoisotopic (exact) mass is 208 g/mol. The van der Waals surface area contributed by atoms with Crippen LogP contribution in [-0.2, 0) is 9.53 Å². The molecule has 3 unspecified atom stereocenters. The van der Waals surface area contributed by atoms with E-state index in [0.717, 1.165) is 0 Å². The van der Waals surface area contributed by atoms with Crippen LogP contribution < -0.4 is 0 Å². The average Bonchev–Trinajstić information content (AvgIpc) is 1.99. The number of hydrogen-bond acceptors (Lipinski definition) is 3. The fourth-order valence-corrected chi connectivity index (χ4v) is 0.964. The zero-order valence-electron chi connectivity index (χ0n) is 7.48. The van der Waals surface area contributed by atoms with Gasteiger partial charge in [0.15, 0.2) is 0 Å². The summed E-state index contributed by atoms with van der Waals surface area (Å²) in [7, 11) is 2.30. The van der Waals surface area contributed by atoms with Crippen LogP contribution in [-0.4, -0.2) is 33.6 Å². The highest BCUT2D eigenvalue weighted by Gasteiger charge is 2.37. The van der Waals surface area contributed by atoms with E-state index in [-0.39, 0.29) is 0 Å². The molecular weight excluding hydrogens is 195 g/mol. The van der Waals surface area contributed by atoms with Crippen LogP contribution in [0.1, 0.15) is 20.3 Å². The van der Waals surface area contributed by atoms with Crippen LogP contribution in [0.2, 0.25) is 0 Å². The molecule has 0 rings (SSSR count). The van der Waals surface area contributed by atoms with Crippen molar-refractivity contribution in [1.29, 1.82) is 0 Å². The molecule has 0 aliphatic rings. The molecule has 5 nitrogen and oxygen atoms in total. The van der Waals surface area contributed by atoms with Crippen molar-refractivity contribution in [2.45, 2.75) is 31.5 Å². The standard InChI is InChI=1S/C7H13O5P/c1-3-7(2,13)4(5(8)9)12-6(10)11/h4H,3,13H2,1-2H3,(H,8,9)(H,10,11). The molecule has 0 amide bonds. The lowest BCUT2D eigenvalue weighted by Gasteiger charge is -2.28. The summed E-state index contributed by atoms with van der Waals surface area (Å²) in [5, 5.41) is 16.2.